The van der Waals surface area contributed by atoms with Crippen molar-refractivity contribution in [1.29, 1.82) is 0 Å². The molecule has 1 aliphatic carbocycles. The summed E-state index contributed by atoms with van der Waals surface area (Å²) in [4.78, 5) is 9.29. The molecule has 0 atom stereocenters. The highest BCUT2D eigenvalue weighted by Crippen LogP contribution is 2.40. The van der Waals surface area contributed by atoms with Gasteiger partial charge in [0.25, 0.3) is 0 Å². The van der Waals surface area contributed by atoms with Crippen LogP contribution < -0.4 is 16.6 Å². The van der Waals surface area contributed by atoms with Gasteiger partial charge in [-0.3, -0.25) is 0 Å². The Kier molecular flexibility index (Phi) is 4.48. The van der Waals surface area contributed by atoms with Crippen molar-refractivity contribution in [3.63, 3.8) is 0 Å². The summed E-state index contributed by atoms with van der Waals surface area (Å²) < 4.78 is 0. The summed E-state index contributed by atoms with van der Waals surface area (Å²) in [7, 11) is 0. The molecule has 0 amide bonds. The van der Waals surface area contributed by atoms with E-state index in [2.05, 4.69) is 36.5 Å². The molecule has 4 N–H and O–H groups in total. The lowest BCUT2D eigenvalue weighted by atomic mass is 9.89. The standard InChI is InChI=1S/C15H27N5/c1-5-15(6-2,7-3)19-12-10(4)13(20-16)18-14(17-12)11-8-9-11/h11H,5-9,16H2,1-4H3,(H2,17,18,19,20). The number of rotatable bonds is 7. The van der Waals surface area contributed by atoms with Gasteiger partial charge in [-0.15, -0.1) is 0 Å². The fourth-order valence-corrected chi connectivity index (χ4v) is 2.59. The van der Waals surface area contributed by atoms with Gasteiger partial charge in [0.05, 0.1) is 0 Å². The molecule has 1 heterocycles. The molecule has 1 aliphatic rings. The summed E-state index contributed by atoms with van der Waals surface area (Å²) in [6.45, 7) is 8.68. The fraction of sp³-hybridized carbons (Fsp3) is 0.733. The molecule has 1 aromatic rings. The molecule has 1 aromatic heterocycles. The number of anilines is 2. The Morgan fingerprint density at radius 2 is 1.65 bits per heavy atom. The molecule has 2 rings (SSSR count). The average Bonchev–Trinajstić information content (AvgIpc) is 3.31. The predicted octanol–water partition coefficient (Wildman–Crippen LogP) is 3.33. The molecule has 0 spiro atoms. The van der Waals surface area contributed by atoms with Crippen LogP contribution in [0.1, 0.15) is 70.2 Å². The van der Waals surface area contributed by atoms with Gasteiger partial charge in [0.2, 0.25) is 0 Å². The van der Waals surface area contributed by atoms with E-state index in [1.54, 1.807) is 0 Å². The molecule has 1 saturated carbocycles. The summed E-state index contributed by atoms with van der Waals surface area (Å²) in [6.07, 6.45) is 5.61. The van der Waals surface area contributed by atoms with E-state index in [-0.39, 0.29) is 5.54 Å². The first kappa shape index (κ1) is 15.0. The molecule has 0 aromatic carbocycles. The number of hydrogen-bond acceptors (Lipinski definition) is 5. The maximum absolute atomic E-state index is 5.60. The molecule has 0 saturated heterocycles. The number of hydrogen-bond donors (Lipinski definition) is 3. The Morgan fingerprint density at radius 1 is 1.10 bits per heavy atom. The molecule has 20 heavy (non-hydrogen) atoms. The lowest BCUT2D eigenvalue weighted by Gasteiger charge is -2.33. The van der Waals surface area contributed by atoms with Crippen molar-refractivity contribution in [2.24, 2.45) is 5.84 Å². The van der Waals surface area contributed by atoms with E-state index in [0.717, 1.165) is 42.3 Å². The highest BCUT2D eigenvalue weighted by atomic mass is 15.3. The minimum atomic E-state index is 0.103. The molecule has 0 aliphatic heterocycles. The van der Waals surface area contributed by atoms with Gasteiger partial charge in [-0.25, -0.2) is 15.8 Å². The summed E-state index contributed by atoms with van der Waals surface area (Å²) in [5.74, 6) is 8.71. The van der Waals surface area contributed by atoms with Crippen LogP contribution in [-0.4, -0.2) is 15.5 Å². The van der Waals surface area contributed by atoms with E-state index in [1.807, 2.05) is 6.92 Å². The van der Waals surface area contributed by atoms with Gasteiger partial charge in [-0.2, -0.15) is 0 Å². The number of nitrogens with two attached hydrogens (primary N) is 1. The molecule has 0 unspecified atom stereocenters. The topological polar surface area (TPSA) is 75.9 Å². The van der Waals surface area contributed by atoms with E-state index >= 15 is 0 Å². The molecule has 1 fully saturated rings. The lowest BCUT2D eigenvalue weighted by Crippen LogP contribution is -2.37. The third kappa shape index (κ3) is 2.87. The van der Waals surface area contributed by atoms with Crippen LogP contribution in [-0.2, 0) is 0 Å². The Hall–Kier alpha value is -1.36. The second-order valence-corrected chi connectivity index (χ2v) is 5.79. The summed E-state index contributed by atoms with van der Waals surface area (Å²) >= 11 is 0. The monoisotopic (exact) mass is 277 g/mol. The smallest absolute Gasteiger partial charge is 0.148 e. The SMILES string of the molecule is CCC(CC)(CC)Nc1nc(C2CC2)nc(NN)c1C. The minimum absolute atomic E-state index is 0.103. The second kappa shape index (κ2) is 5.95. The highest BCUT2D eigenvalue weighted by Gasteiger charge is 2.30. The fourth-order valence-electron chi connectivity index (χ4n) is 2.59. The molecule has 112 valence electrons. The van der Waals surface area contributed by atoms with Crippen LogP contribution in [0.25, 0.3) is 0 Å². The first-order valence-electron chi connectivity index (χ1n) is 7.72. The van der Waals surface area contributed by atoms with Crippen molar-refractivity contribution in [1.82, 2.24) is 9.97 Å². The quantitative estimate of drug-likeness (QED) is 0.526. The minimum Gasteiger partial charge on any atom is -0.364 e. The van der Waals surface area contributed by atoms with Crippen LogP contribution in [0.4, 0.5) is 11.6 Å². The van der Waals surface area contributed by atoms with Gasteiger partial charge in [0.15, 0.2) is 0 Å². The maximum atomic E-state index is 5.60. The van der Waals surface area contributed by atoms with E-state index in [0.29, 0.717) is 5.92 Å². The summed E-state index contributed by atoms with van der Waals surface area (Å²) in [6, 6.07) is 0. The van der Waals surface area contributed by atoms with Gasteiger partial charge < -0.3 is 10.7 Å². The maximum Gasteiger partial charge on any atom is 0.148 e. The first-order valence-corrected chi connectivity index (χ1v) is 7.72. The molecular formula is C15H27N5. The van der Waals surface area contributed by atoms with Crippen molar-refractivity contribution >= 4 is 11.6 Å². The van der Waals surface area contributed by atoms with Crippen molar-refractivity contribution in [3.05, 3.63) is 11.4 Å². The second-order valence-electron chi connectivity index (χ2n) is 5.79. The number of aromatic nitrogens is 2. The van der Waals surface area contributed by atoms with Crippen LogP contribution in [0.15, 0.2) is 0 Å². The van der Waals surface area contributed by atoms with E-state index < -0.39 is 0 Å². The van der Waals surface area contributed by atoms with Crippen molar-refractivity contribution < 1.29 is 0 Å². The highest BCUT2D eigenvalue weighted by molar-refractivity contribution is 5.58. The Morgan fingerprint density at radius 3 is 2.10 bits per heavy atom. The van der Waals surface area contributed by atoms with E-state index in [1.165, 1.54) is 12.8 Å². The van der Waals surface area contributed by atoms with Crippen LogP contribution in [0.5, 0.6) is 0 Å². The zero-order chi connectivity index (χ0) is 14.8. The number of nitrogens with one attached hydrogen (secondary N) is 2. The van der Waals surface area contributed by atoms with Crippen LogP contribution in [0, 0.1) is 6.92 Å². The Labute approximate surface area is 121 Å². The lowest BCUT2D eigenvalue weighted by molar-refractivity contribution is 0.418. The molecule has 5 nitrogen and oxygen atoms in total. The molecule has 5 heteroatoms. The Balaban J connectivity index is 2.36. The molecular weight excluding hydrogens is 250 g/mol. The summed E-state index contributed by atoms with van der Waals surface area (Å²) in [5.41, 5.74) is 3.81. The van der Waals surface area contributed by atoms with E-state index in [4.69, 9.17) is 10.8 Å². The van der Waals surface area contributed by atoms with Crippen molar-refractivity contribution in [2.45, 2.75) is 71.3 Å². The van der Waals surface area contributed by atoms with Gasteiger partial charge in [0.1, 0.15) is 17.5 Å². The number of nitrogen functional groups attached to an aromatic ring is 1. The zero-order valence-electron chi connectivity index (χ0n) is 13.1. The van der Waals surface area contributed by atoms with Crippen LogP contribution >= 0.6 is 0 Å². The zero-order valence-corrected chi connectivity index (χ0v) is 13.1. The molecule has 0 radical (unpaired) electrons. The number of hydrazine groups is 1. The van der Waals surface area contributed by atoms with Crippen molar-refractivity contribution in [2.75, 3.05) is 10.7 Å². The van der Waals surface area contributed by atoms with Gasteiger partial charge >= 0.3 is 0 Å². The normalized spacial score (nSPS) is 15.2. The van der Waals surface area contributed by atoms with Gasteiger partial charge in [0, 0.05) is 17.0 Å². The third-order valence-electron chi connectivity index (χ3n) is 4.66. The largest absolute Gasteiger partial charge is 0.364 e. The number of nitrogens with zero attached hydrogens (tertiary/aromatic N) is 2. The van der Waals surface area contributed by atoms with Crippen LogP contribution in [0.2, 0.25) is 0 Å². The van der Waals surface area contributed by atoms with Gasteiger partial charge in [-0.05, 0) is 39.0 Å². The van der Waals surface area contributed by atoms with Gasteiger partial charge in [-0.1, -0.05) is 20.8 Å². The third-order valence-corrected chi connectivity index (χ3v) is 4.66. The predicted molar refractivity (Wildman–Crippen MR) is 83.8 cm³/mol. The van der Waals surface area contributed by atoms with Crippen molar-refractivity contribution in [3.8, 4) is 0 Å². The van der Waals surface area contributed by atoms with E-state index in [9.17, 15) is 0 Å². The average molecular weight is 277 g/mol. The summed E-state index contributed by atoms with van der Waals surface area (Å²) in [5, 5.41) is 3.66. The first-order chi connectivity index (χ1) is 9.59. The Bertz CT molecular complexity index is 455. The molecule has 0 bridgehead atoms. The van der Waals surface area contributed by atoms with Crippen LogP contribution in [0.3, 0.4) is 0 Å².